The molecule has 2 saturated heterocycles. The number of nitrogens with zero attached hydrogens (tertiary/aromatic N) is 1. The van der Waals surface area contributed by atoms with E-state index in [1.54, 1.807) is 0 Å². The Labute approximate surface area is 225 Å². The van der Waals surface area contributed by atoms with Gasteiger partial charge in [-0.2, -0.15) is 8.78 Å². The highest BCUT2D eigenvalue weighted by Crippen LogP contribution is 2.42. The molecule has 11 heteroatoms. The molecule has 2 fully saturated rings. The van der Waals surface area contributed by atoms with Crippen LogP contribution >= 0.6 is 0 Å². The number of quaternary nitrogens is 1. The van der Waals surface area contributed by atoms with Crippen molar-refractivity contribution in [1.82, 2.24) is 5.32 Å². The lowest BCUT2D eigenvalue weighted by Gasteiger charge is -2.47. The van der Waals surface area contributed by atoms with Crippen molar-refractivity contribution < 1.29 is 37.6 Å². The Kier molecular flexibility index (Phi) is 14.1. The highest BCUT2D eigenvalue weighted by molar-refractivity contribution is 5.69. The number of allylic oxidation sites excluding steroid dienone is 2. The van der Waals surface area contributed by atoms with Gasteiger partial charge in [-0.25, -0.2) is 9.44 Å². The number of halogens is 2. The largest absolute Gasteiger partial charge is 0.622 e. The molecule has 220 valence electrons. The van der Waals surface area contributed by atoms with Gasteiger partial charge < -0.3 is 25.5 Å². The molecule has 2 unspecified atom stereocenters. The van der Waals surface area contributed by atoms with Gasteiger partial charge in [0.2, 0.25) is 0 Å². The molecule has 4 N–H and O–H groups in total. The van der Waals surface area contributed by atoms with E-state index in [9.17, 15) is 28.7 Å². The number of esters is 1. The predicted octanol–water partition coefficient (Wildman–Crippen LogP) is 5.00. The van der Waals surface area contributed by atoms with Gasteiger partial charge in [0.15, 0.2) is 6.10 Å². The maximum Gasteiger partial charge on any atom is 0.420 e. The number of ether oxygens (including phenoxy) is 2. The average Bonchev–Trinajstić information content (AvgIpc) is 3.11. The quantitative estimate of drug-likeness (QED) is 0.0723. The van der Waals surface area contributed by atoms with Crippen molar-refractivity contribution in [2.75, 3.05) is 13.2 Å². The summed E-state index contributed by atoms with van der Waals surface area (Å²) in [5, 5.41) is 25.0. The van der Waals surface area contributed by atoms with E-state index < -0.39 is 60.3 Å². The third-order valence-electron chi connectivity index (χ3n) is 7.23. The molecule has 0 aliphatic carbocycles. The monoisotopic (exact) mass is 547 g/mol. The number of nitrogens with one attached hydrogen (secondary N) is 1. The second kappa shape index (κ2) is 16.4. The Hall–Kier alpha value is -1.66. The van der Waals surface area contributed by atoms with Crippen molar-refractivity contribution in [3.8, 4) is 0 Å². The third-order valence-corrected chi connectivity index (χ3v) is 7.23. The molecule has 0 spiro atoms. The fourth-order valence-corrected chi connectivity index (χ4v) is 4.81. The van der Waals surface area contributed by atoms with Gasteiger partial charge in [0.1, 0.15) is 12.7 Å². The number of aliphatic hydroxyl groups excluding tert-OH is 1. The molecule has 2 heterocycles. The van der Waals surface area contributed by atoms with Gasteiger partial charge >= 0.3 is 17.9 Å². The summed E-state index contributed by atoms with van der Waals surface area (Å²) in [5.41, 5.74) is 5.54. The first-order chi connectivity index (χ1) is 18.1. The maximum absolute atomic E-state index is 14.6. The van der Waals surface area contributed by atoms with Crippen LogP contribution in [-0.2, 0) is 14.3 Å². The van der Waals surface area contributed by atoms with E-state index in [1.807, 2.05) is 0 Å². The summed E-state index contributed by atoms with van der Waals surface area (Å²) < 4.78 is 37.4. The summed E-state index contributed by atoms with van der Waals surface area (Å²) in [5.74, 6) is -4.58. The first-order valence-electron chi connectivity index (χ1n) is 14.3. The smallest absolute Gasteiger partial charge is 0.420 e. The minimum atomic E-state index is -4.00. The van der Waals surface area contributed by atoms with Gasteiger partial charge in [0, 0.05) is 12.8 Å². The van der Waals surface area contributed by atoms with Gasteiger partial charge in [0.25, 0.3) is 6.23 Å². The SMILES string of the molecule is CCCCCCCC/C=C/CCCCCCCC(=O)OC[C@H]1O[C@@H]([N+]2([O-])CCC(N)NC2=O)C(F)(F)[C@@H]1O. The number of hydrogen-bond donors (Lipinski definition) is 3. The van der Waals surface area contributed by atoms with Gasteiger partial charge in [-0.1, -0.05) is 70.4 Å². The number of urea groups is 1. The van der Waals surface area contributed by atoms with Gasteiger partial charge in [-0.05, 0) is 32.1 Å². The second-order valence-electron chi connectivity index (χ2n) is 10.5. The number of alkyl halides is 2. The van der Waals surface area contributed by atoms with Gasteiger partial charge in [0.05, 0.1) is 12.7 Å². The molecular formula is C27H47F2N3O6. The molecule has 0 aromatic heterocycles. The minimum absolute atomic E-state index is 0.0170. The summed E-state index contributed by atoms with van der Waals surface area (Å²) in [6.07, 6.45) is 12.1. The van der Waals surface area contributed by atoms with Gasteiger partial charge in [-0.3, -0.25) is 10.1 Å². The molecular weight excluding hydrogens is 500 g/mol. The lowest BCUT2D eigenvalue weighted by molar-refractivity contribution is -0.866. The lowest BCUT2D eigenvalue weighted by Crippen LogP contribution is -2.70. The number of nitrogens with two attached hydrogens (primary N) is 1. The zero-order valence-corrected chi connectivity index (χ0v) is 22.8. The van der Waals surface area contributed by atoms with Crippen molar-refractivity contribution in [3.63, 3.8) is 0 Å². The van der Waals surface area contributed by atoms with Crippen LogP contribution in [0.5, 0.6) is 0 Å². The minimum Gasteiger partial charge on any atom is -0.622 e. The van der Waals surface area contributed by atoms with Crippen LogP contribution in [0, 0.1) is 5.21 Å². The second-order valence-corrected chi connectivity index (χ2v) is 10.5. The van der Waals surface area contributed by atoms with Crippen molar-refractivity contribution in [2.45, 2.75) is 134 Å². The molecule has 0 radical (unpaired) electrons. The fraction of sp³-hybridized carbons (Fsp3) is 0.852. The van der Waals surface area contributed by atoms with Gasteiger partial charge in [-0.15, -0.1) is 0 Å². The Morgan fingerprint density at radius 2 is 1.71 bits per heavy atom. The molecule has 2 rings (SSSR count). The molecule has 5 atom stereocenters. The number of unbranched alkanes of at least 4 members (excludes halogenated alkanes) is 11. The normalized spacial score (nSPS) is 29.1. The lowest BCUT2D eigenvalue weighted by atomic mass is 10.1. The molecule has 9 nitrogen and oxygen atoms in total. The van der Waals surface area contributed by atoms with E-state index in [4.69, 9.17) is 15.2 Å². The summed E-state index contributed by atoms with van der Waals surface area (Å²) in [7, 11) is 0. The summed E-state index contributed by atoms with van der Waals surface area (Å²) in [6, 6.07) is -1.25. The number of hydroxylamine groups is 3. The predicted molar refractivity (Wildman–Crippen MR) is 140 cm³/mol. The topological polar surface area (TPSA) is 134 Å². The van der Waals surface area contributed by atoms with Crippen molar-refractivity contribution in [2.24, 2.45) is 5.73 Å². The van der Waals surface area contributed by atoms with Crippen LogP contribution < -0.4 is 11.1 Å². The number of rotatable bonds is 18. The molecule has 0 saturated carbocycles. The Balaban J connectivity index is 1.55. The van der Waals surface area contributed by atoms with Crippen LogP contribution in [0.4, 0.5) is 13.6 Å². The van der Waals surface area contributed by atoms with Crippen LogP contribution in [0.3, 0.4) is 0 Å². The van der Waals surface area contributed by atoms with Crippen LogP contribution in [0.15, 0.2) is 12.2 Å². The maximum atomic E-state index is 14.6. The van der Waals surface area contributed by atoms with Crippen molar-refractivity contribution in [1.29, 1.82) is 0 Å². The van der Waals surface area contributed by atoms with E-state index in [1.165, 1.54) is 38.5 Å². The van der Waals surface area contributed by atoms with E-state index >= 15 is 0 Å². The molecule has 0 bridgehead atoms. The van der Waals surface area contributed by atoms with Crippen molar-refractivity contribution in [3.05, 3.63) is 17.4 Å². The zero-order valence-electron chi connectivity index (χ0n) is 22.8. The van der Waals surface area contributed by atoms with Crippen LogP contribution in [-0.4, -0.2) is 65.4 Å². The van der Waals surface area contributed by atoms with Crippen LogP contribution in [0.25, 0.3) is 0 Å². The average molecular weight is 548 g/mol. The highest BCUT2D eigenvalue weighted by Gasteiger charge is 2.67. The van der Waals surface area contributed by atoms with E-state index in [0.29, 0.717) is 6.42 Å². The third kappa shape index (κ3) is 9.82. The van der Waals surface area contributed by atoms with Crippen LogP contribution in [0.1, 0.15) is 103 Å². The number of hydrogen-bond acceptors (Lipinski definition) is 7. The van der Waals surface area contributed by atoms with E-state index in [-0.39, 0.29) is 12.8 Å². The number of carbonyl (C=O) groups excluding carboxylic acids is 2. The Morgan fingerprint density at radius 1 is 1.13 bits per heavy atom. The summed E-state index contributed by atoms with van der Waals surface area (Å²) >= 11 is 0. The highest BCUT2D eigenvalue weighted by atomic mass is 19.3. The fourth-order valence-electron chi connectivity index (χ4n) is 4.81. The molecule has 0 aromatic rings. The van der Waals surface area contributed by atoms with Crippen molar-refractivity contribution >= 4 is 12.0 Å². The van der Waals surface area contributed by atoms with E-state index in [0.717, 1.165) is 38.5 Å². The Morgan fingerprint density at radius 3 is 2.32 bits per heavy atom. The molecule has 2 aliphatic heterocycles. The molecule has 2 aliphatic rings. The first kappa shape index (κ1) is 32.6. The number of carbonyl (C=O) groups is 2. The molecule has 0 aromatic carbocycles. The van der Waals surface area contributed by atoms with E-state index in [2.05, 4.69) is 24.4 Å². The molecule has 38 heavy (non-hydrogen) atoms. The summed E-state index contributed by atoms with van der Waals surface area (Å²) in [6.45, 7) is 1.09. The van der Waals surface area contributed by atoms with Crippen LogP contribution in [0.2, 0.25) is 0 Å². The standard InChI is InChI=1S/C27H47F2N3O6/c1-2-3-4-5-6-7-8-9-10-11-12-13-14-15-16-17-23(33)37-20-21-24(34)27(28,29)25(38-21)32(36)19-18-22(30)31-26(32)35/h9-10,21-22,24-25,34H,2-8,11-20,30H2,1H3,(H,31,35)/b10-9+/t21-,22?,24-,25-,32?/m1/s1. The molecule has 2 amide bonds. The Bertz CT molecular complexity index is 756. The summed E-state index contributed by atoms with van der Waals surface area (Å²) in [4.78, 5) is 24.1. The first-order valence-corrected chi connectivity index (χ1v) is 14.3. The number of aliphatic hydroxyl groups is 1. The number of amides is 2. The zero-order chi connectivity index (χ0) is 28.0.